The Morgan fingerprint density at radius 3 is 2.19 bits per heavy atom. The van der Waals surface area contributed by atoms with E-state index in [2.05, 4.69) is 10.3 Å². The van der Waals surface area contributed by atoms with Gasteiger partial charge in [0.15, 0.2) is 5.69 Å². The minimum Gasteiger partial charge on any atom is -0.234 e. The maximum atomic E-state index is 12.6. The Labute approximate surface area is 88.2 Å². The average molecular weight is 243 g/mol. The SMILES string of the molecule is CC(C)c1nnn(CC(F)F)c1C(F)(F)F. The summed E-state index contributed by atoms with van der Waals surface area (Å²) in [6, 6.07) is 0. The smallest absolute Gasteiger partial charge is 0.234 e. The quantitative estimate of drug-likeness (QED) is 0.764. The molecule has 0 radical (unpaired) electrons. The molecule has 8 heteroatoms. The number of nitrogens with zero attached hydrogens (tertiary/aromatic N) is 3. The summed E-state index contributed by atoms with van der Waals surface area (Å²) >= 11 is 0. The van der Waals surface area contributed by atoms with Crippen molar-refractivity contribution < 1.29 is 22.0 Å². The van der Waals surface area contributed by atoms with Gasteiger partial charge in [0.05, 0.1) is 5.69 Å². The Balaban J connectivity index is 3.20. The molecule has 0 saturated carbocycles. The highest BCUT2D eigenvalue weighted by Gasteiger charge is 2.40. The van der Waals surface area contributed by atoms with Gasteiger partial charge < -0.3 is 0 Å². The van der Waals surface area contributed by atoms with Gasteiger partial charge in [0.1, 0.15) is 6.54 Å². The second-order valence-corrected chi connectivity index (χ2v) is 3.55. The van der Waals surface area contributed by atoms with Crippen LogP contribution in [0.25, 0.3) is 0 Å². The molecule has 0 atom stereocenters. The Hall–Kier alpha value is -1.21. The van der Waals surface area contributed by atoms with Crippen LogP contribution in [0.2, 0.25) is 0 Å². The fraction of sp³-hybridized carbons (Fsp3) is 0.750. The Morgan fingerprint density at radius 1 is 1.25 bits per heavy atom. The van der Waals surface area contributed by atoms with E-state index in [0.717, 1.165) is 0 Å². The molecule has 3 nitrogen and oxygen atoms in total. The molecule has 0 spiro atoms. The summed E-state index contributed by atoms with van der Waals surface area (Å²) in [4.78, 5) is 0. The lowest BCUT2D eigenvalue weighted by Gasteiger charge is -2.11. The van der Waals surface area contributed by atoms with Gasteiger partial charge in [-0.3, -0.25) is 0 Å². The van der Waals surface area contributed by atoms with E-state index in [1.807, 2.05) is 0 Å². The van der Waals surface area contributed by atoms with Gasteiger partial charge in [0.2, 0.25) is 0 Å². The normalized spacial score (nSPS) is 12.8. The molecule has 0 fully saturated rings. The average Bonchev–Trinajstić information content (AvgIpc) is 2.45. The van der Waals surface area contributed by atoms with Crippen molar-refractivity contribution in [3.63, 3.8) is 0 Å². The fourth-order valence-electron chi connectivity index (χ4n) is 1.27. The van der Waals surface area contributed by atoms with Crippen molar-refractivity contribution in [2.45, 2.75) is 38.9 Å². The van der Waals surface area contributed by atoms with Crippen molar-refractivity contribution in [3.05, 3.63) is 11.4 Å². The molecule has 0 aliphatic rings. The predicted molar refractivity (Wildman–Crippen MR) is 45.1 cm³/mol. The van der Waals surface area contributed by atoms with Crippen molar-refractivity contribution in [2.24, 2.45) is 0 Å². The van der Waals surface area contributed by atoms with Crippen LogP contribution in [0.3, 0.4) is 0 Å². The van der Waals surface area contributed by atoms with Gasteiger partial charge in [-0.1, -0.05) is 19.1 Å². The molecule has 1 aromatic rings. The van der Waals surface area contributed by atoms with Crippen molar-refractivity contribution >= 4 is 0 Å². The van der Waals surface area contributed by atoms with Crippen LogP contribution in [0.1, 0.15) is 31.2 Å². The highest BCUT2D eigenvalue weighted by Crippen LogP contribution is 2.34. The molecule has 0 aliphatic heterocycles. The van der Waals surface area contributed by atoms with Gasteiger partial charge >= 0.3 is 6.18 Å². The second kappa shape index (κ2) is 4.34. The van der Waals surface area contributed by atoms with Gasteiger partial charge in [-0.2, -0.15) is 13.2 Å². The number of aromatic nitrogens is 3. The number of hydrogen-bond acceptors (Lipinski definition) is 2. The molecule has 16 heavy (non-hydrogen) atoms. The van der Waals surface area contributed by atoms with Crippen LogP contribution in [0, 0.1) is 0 Å². The molecule has 0 aliphatic carbocycles. The van der Waals surface area contributed by atoms with Crippen molar-refractivity contribution in [1.29, 1.82) is 0 Å². The van der Waals surface area contributed by atoms with Crippen LogP contribution < -0.4 is 0 Å². The minimum absolute atomic E-state index is 0.208. The van der Waals surface area contributed by atoms with E-state index in [0.29, 0.717) is 0 Å². The molecule has 0 unspecified atom stereocenters. The lowest BCUT2D eigenvalue weighted by molar-refractivity contribution is -0.145. The molecule has 1 rings (SSSR count). The van der Waals surface area contributed by atoms with Crippen LogP contribution in [-0.2, 0) is 12.7 Å². The summed E-state index contributed by atoms with van der Waals surface area (Å²) in [5, 5.41) is 6.41. The molecule has 0 aromatic carbocycles. The van der Waals surface area contributed by atoms with E-state index >= 15 is 0 Å². The third-order valence-corrected chi connectivity index (χ3v) is 1.89. The zero-order valence-electron chi connectivity index (χ0n) is 8.59. The number of alkyl halides is 5. The fourth-order valence-corrected chi connectivity index (χ4v) is 1.27. The molecule has 0 N–H and O–H groups in total. The third-order valence-electron chi connectivity index (χ3n) is 1.89. The van der Waals surface area contributed by atoms with Crippen LogP contribution in [0.4, 0.5) is 22.0 Å². The minimum atomic E-state index is -4.72. The topological polar surface area (TPSA) is 30.7 Å². The summed E-state index contributed by atoms with van der Waals surface area (Å²) in [6.07, 6.45) is -7.62. The van der Waals surface area contributed by atoms with Crippen LogP contribution >= 0.6 is 0 Å². The van der Waals surface area contributed by atoms with Crippen LogP contribution in [0.5, 0.6) is 0 Å². The standard InChI is InChI=1S/C8H10F5N3/c1-4(2)6-7(8(11,12)13)16(15-14-6)3-5(9)10/h4-5H,3H2,1-2H3. The van der Waals surface area contributed by atoms with E-state index in [-0.39, 0.29) is 10.4 Å². The molecule has 1 aromatic heterocycles. The Bertz CT molecular complexity index is 355. The molecular weight excluding hydrogens is 233 g/mol. The van der Waals surface area contributed by atoms with Gasteiger partial charge in [0, 0.05) is 0 Å². The zero-order valence-corrected chi connectivity index (χ0v) is 8.59. The van der Waals surface area contributed by atoms with E-state index in [1.165, 1.54) is 13.8 Å². The first-order valence-electron chi connectivity index (χ1n) is 4.52. The second-order valence-electron chi connectivity index (χ2n) is 3.55. The molecule has 0 amide bonds. The van der Waals surface area contributed by atoms with E-state index in [9.17, 15) is 22.0 Å². The van der Waals surface area contributed by atoms with Crippen molar-refractivity contribution in [2.75, 3.05) is 0 Å². The Morgan fingerprint density at radius 2 is 1.81 bits per heavy atom. The summed E-state index contributed by atoms with van der Waals surface area (Å²) < 4.78 is 62.1. The molecule has 0 saturated heterocycles. The predicted octanol–water partition coefficient (Wildman–Crippen LogP) is 2.69. The van der Waals surface area contributed by atoms with Crippen LogP contribution in [0.15, 0.2) is 0 Å². The molecular formula is C8H10F5N3. The van der Waals surface area contributed by atoms with Gasteiger partial charge in [-0.05, 0) is 5.92 Å². The summed E-state index contributed by atoms with van der Waals surface area (Å²) in [7, 11) is 0. The van der Waals surface area contributed by atoms with Crippen molar-refractivity contribution in [1.82, 2.24) is 15.0 Å². The molecule has 92 valence electrons. The zero-order chi connectivity index (χ0) is 12.5. The summed E-state index contributed by atoms with van der Waals surface area (Å²) in [5.41, 5.74) is -1.50. The monoisotopic (exact) mass is 243 g/mol. The summed E-state index contributed by atoms with van der Waals surface area (Å²) in [5.74, 6) is -0.525. The lowest BCUT2D eigenvalue weighted by atomic mass is 10.1. The number of rotatable bonds is 3. The van der Waals surface area contributed by atoms with Crippen LogP contribution in [-0.4, -0.2) is 21.4 Å². The van der Waals surface area contributed by atoms with E-state index in [1.54, 1.807) is 0 Å². The number of halogens is 5. The highest BCUT2D eigenvalue weighted by molar-refractivity contribution is 5.17. The van der Waals surface area contributed by atoms with Crippen molar-refractivity contribution in [3.8, 4) is 0 Å². The van der Waals surface area contributed by atoms with E-state index < -0.39 is 30.8 Å². The maximum Gasteiger partial charge on any atom is 0.434 e. The Kier molecular flexibility index (Phi) is 3.49. The molecule has 0 bridgehead atoms. The number of hydrogen-bond donors (Lipinski definition) is 0. The maximum absolute atomic E-state index is 12.6. The molecule has 1 heterocycles. The van der Waals surface area contributed by atoms with Gasteiger partial charge in [-0.15, -0.1) is 5.10 Å². The summed E-state index contributed by atoms with van der Waals surface area (Å²) in [6.45, 7) is 1.88. The van der Waals surface area contributed by atoms with Gasteiger partial charge in [-0.25, -0.2) is 13.5 Å². The van der Waals surface area contributed by atoms with Gasteiger partial charge in [0.25, 0.3) is 6.43 Å². The highest BCUT2D eigenvalue weighted by atomic mass is 19.4. The van der Waals surface area contributed by atoms with E-state index in [4.69, 9.17) is 0 Å². The largest absolute Gasteiger partial charge is 0.434 e. The first-order valence-corrected chi connectivity index (χ1v) is 4.52. The first-order chi connectivity index (χ1) is 7.23. The first kappa shape index (κ1) is 12.9. The lowest BCUT2D eigenvalue weighted by Crippen LogP contribution is -2.19. The third kappa shape index (κ3) is 2.67.